The number of carbonyl (C=O) groups excluding carboxylic acids is 2. The summed E-state index contributed by atoms with van der Waals surface area (Å²) >= 11 is 0. The summed E-state index contributed by atoms with van der Waals surface area (Å²) in [4.78, 5) is 33.7. The number of amides is 2. The average molecular weight is 472 g/mol. The van der Waals surface area contributed by atoms with Crippen molar-refractivity contribution >= 4 is 23.6 Å². The Morgan fingerprint density at radius 3 is 2.44 bits per heavy atom. The number of benzene rings is 1. The normalized spacial score (nSPS) is 18.4. The molecule has 3 rings (SSSR count). The van der Waals surface area contributed by atoms with Gasteiger partial charge in [0.1, 0.15) is 17.2 Å². The summed E-state index contributed by atoms with van der Waals surface area (Å²) in [5.74, 6) is 0.164. The van der Waals surface area contributed by atoms with Crippen LogP contribution in [0.1, 0.15) is 60.9 Å². The molecule has 2 bridgehead atoms. The number of anilines is 2. The molecule has 1 aliphatic rings. The molecule has 9 nitrogen and oxygen atoms in total. The average Bonchev–Trinajstić information content (AvgIpc) is 2.84. The monoisotopic (exact) mass is 471 g/mol. The molecule has 1 unspecified atom stereocenters. The van der Waals surface area contributed by atoms with Crippen LogP contribution in [0, 0.1) is 5.82 Å². The Bertz CT molecular complexity index is 939. The van der Waals surface area contributed by atoms with Crippen LogP contribution in [0.4, 0.5) is 16.2 Å². The summed E-state index contributed by atoms with van der Waals surface area (Å²) in [6.45, 7) is 2.20. The summed E-state index contributed by atoms with van der Waals surface area (Å²) in [5, 5.41) is 12.2. The highest BCUT2D eigenvalue weighted by atomic mass is 19.1. The molecular weight excluding hydrogens is 437 g/mol. The summed E-state index contributed by atoms with van der Waals surface area (Å²) in [7, 11) is 0. The van der Waals surface area contributed by atoms with Crippen molar-refractivity contribution in [1.82, 2.24) is 20.6 Å². The second-order valence-corrected chi connectivity index (χ2v) is 8.43. The number of aromatic nitrogens is 2. The number of nitrogens with two attached hydrogens (primary N) is 1. The van der Waals surface area contributed by atoms with Crippen molar-refractivity contribution in [2.24, 2.45) is 5.73 Å². The number of carbonyl (C=O) groups is 2. The van der Waals surface area contributed by atoms with Gasteiger partial charge in [-0.1, -0.05) is 25.0 Å². The van der Waals surface area contributed by atoms with Crippen LogP contribution in [0.5, 0.6) is 0 Å². The standard InChI is InChI=1S/C24H34FN7O2/c25-18-10-8-17(9-11-18)15-30-22(33)19-16-31-24-29-14-5-2-1-4-13-28-23(34)20(26)7-3-6-12-27-21(19)32-24/h8-11,16,20H,1-7,12-15,26H2,(H,28,34)(H,30,33)(H2,27,29,31,32). The maximum atomic E-state index is 13.1. The van der Waals surface area contributed by atoms with Crippen LogP contribution < -0.4 is 27.0 Å². The van der Waals surface area contributed by atoms with Gasteiger partial charge in [0.15, 0.2) is 0 Å². The Balaban J connectivity index is 1.65. The maximum absolute atomic E-state index is 13.1. The van der Waals surface area contributed by atoms with Gasteiger partial charge in [0.25, 0.3) is 5.91 Å². The molecule has 2 heterocycles. The number of fused-ring (bicyclic) bond motifs is 2. The van der Waals surface area contributed by atoms with Gasteiger partial charge in [-0.3, -0.25) is 9.59 Å². The van der Waals surface area contributed by atoms with E-state index in [1.54, 1.807) is 12.1 Å². The first-order valence-electron chi connectivity index (χ1n) is 11.9. The van der Waals surface area contributed by atoms with Crippen LogP contribution in [-0.4, -0.2) is 47.5 Å². The number of hydrogen-bond donors (Lipinski definition) is 5. The fourth-order valence-corrected chi connectivity index (χ4v) is 3.62. The Labute approximate surface area is 199 Å². The fourth-order valence-electron chi connectivity index (χ4n) is 3.62. The molecule has 10 heteroatoms. The van der Waals surface area contributed by atoms with Crippen LogP contribution >= 0.6 is 0 Å². The van der Waals surface area contributed by atoms with Crippen LogP contribution in [0.15, 0.2) is 30.5 Å². The van der Waals surface area contributed by atoms with E-state index >= 15 is 0 Å². The molecule has 1 aliphatic heterocycles. The Morgan fingerprint density at radius 1 is 1.00 bits per heavy atom. The molecule has 1 atom stereocenters. The highest BCUT2D eigenvalue weighted by molar-refractivity contribution is 5.98. The van der Waals surface area contributed by atoms with Gasteiger partial charge >= 0.3 is 0 Å². The van der Waals surface area contributed by atoms with Crippen molar-refractivity contribution in [2.75, 3.05) is 30.3 Å². The largest absolute Gasteiger partial charge is 0.369 e. The summed E-state index contributed by atoms with van der Waals surface area (Å²) in [6, 6.07) is 5.46. The molecule has 34 heavy (non-hydrogen) atoms. The minimum absolute atomic E-state index is 0.101. The third kappa shape index (κ3) is 8.26. The zero-order valence-corrected chi connectivity index (χ0v) is 19.4. The molecule has 1 aromatic heterocycles. The molecule has 0 saturated heterocycles. The molecule has 1 aromatic carbocycles. The van der Waals surface area contributed by atoms with Crippen LogP contribution in [0.25, 0.3) is 0 Å². The van der Waals surface area contributed by atoms with Gasteiger partial charge in [0, 0.05) is 32.4 Å². The van der Waals surface area contributed by atoms with E-state index in [4.69, 9.17) is 5.73 Å². The Morgan fingerprint density at radius 2 is 1.68 bits per heavy atom. The number of nitrogens with one attached hydrogen (secondary N) is 4. The van der Waals surface area contributed by atoms with E-state index in [-0.39, 0.29) is 24.2 Å². The first-order valence-corrected chi connectivity index (χ1v) is 11.9. The zero-order chi connectivity index (χ0) is 24.2. The maximum Gasteiger partial charge on any atom is 0.256 e. The minimum Gasteiger partial charge on any atom is -0.369 e. The van der Waals surface area contributed by atoms with E-state index in [1.165, 1.54) is 18.3 Å². The third-order valence-corrected chi connectivity index (χ3v) is 5.66. The van der Waals surface area contributed by atoms with Crippen molar-refractivity contribution in [3.63, 3.8) is 0 Å². The number of nitrogens with zero attached hydrogens (tertiary/aromatic N) is 2. The van der Waals surface area contributed by atoms with Gasteiger partial charge in [0.2, 0.25) is 11.9 Å². The SMILES string of the molecule is NC1CCCCNc2nc(ncc2C(=O)NCc2ccc(F)cc2)NCCCCCCNC1=O. The van der Waals surface area contributed by atoms with E-state index in [2.05, 4.69) is 31.2 Å². The zero-order valence-electron chi connectivity index (χ0n) is 19.4. The molecule has 0 spiro atoms. The van der Waals surface area contributed by atoms with Gasteiger partial charge in [-0.05, 0) is 49.8 Å². The van der Waals surface area contributed by atoms with Gasteiger partial charge in [-0.15, -0.1) is 0 Å². The molecule has 0 aliphatic carbocycles. The van der Waals surface area contributed by atoms with E-state index in [1.807, 2.05) is 0 Å². The minimum atomic E-state index is -0.512. The number of hydrogen-bond acceptors (Lipinski definition) is 7. The first kappa shape index (κ1) is 25.4. The van der Waals surface area contributed by atoms with Gasteiger partial charge < -0.3 is 27.0 Å². The Kier molecular flexibility index (Phi) is 10.0. The number of halogens is 1. The lowest BCUT2D eigenvalue weighted by atomic mass is 10.1. The van der Waals surface area contributed by atoms with Crippen molar-refractivity contribution in [3.05, 3.63) is 47.4 Å². The lowest BCUT2D eigenvalue weighted by Crippen LogP contribution is -2.40. The topological polar surface area (TPSA) is 134 Å². The highest BCUT2D eigenvalue weighted by Crippen LogP contribution is 2.16. The van der Waals surface area contributed by atoms with Crippen LogP contribution in [0.3, 0.4) is 0 Å². The molecule has 6 N–H and O–H groups in total. The number of rotatable bonds is 3. The predicted octanol–water partition coefficient (Wildman–Crippen LogP) is 2.56. The molecule has 0 fully saturated rings. The highest BCUT2D eigenvalue weighted by Gasteiger charge is 2.16. The predicted molar refractivity (Wildman–Crippen MR) is 130 cm³/mol. The molecule has 0 radical (unpaired) electrons. The van der Waals surface area contributed by atoms with Crippen molar-refractivity contribution in [1.29, 1.82) is 0 Å². The van der Waals surface area contributed by atoms with Crippen LogP contribution in [0.2, 0.25) is 0 Å². The second kappa shape index (κ2) is 13.4. The van der Waals surface area contributed by atoms with Crippen molar-refractivity contribution in [3.8, 4) is 0 Å². The molecular formula is C24H34FN7O2. The van der Waals surface area contributed by atoms with E-state index in [0.717, 1.165) is 44.1 Å². The van der Waals surface area contributed by atoms with Gasteiger partial charge in [-0.25, -0.2) is 9.37 Å². The van der Waals surface area contributed by atoms with Crippen molar-refractivity contribution in [2.45, 2.75) is 57.5 Å². The summed E-state index contributed by atoms with van der Waals surface area (Å²) < 4.78 is 13.1. The quantitative estimate of drug-likeness (QED) is 0.464. The fraction of sp³-hybridized carbons (Fsp3) is 0.500. The lowest BCUT2D eigenvalue weighted by Gasteiger charge is -2.15. The van der Waals surface area contributed by atoms with Crippen molar-refractivity contribution < 1.29 is 14.0 Å². The summed E-state index contributed by atoms with van der Waals surface area (Å²) in [6.07, 6.45) is 7.53. The third-order valence-electron chi connectivity index (χ3n) is 5.66. The van der Waals surface area contributed by atoms with Gasteiger partial charge in [0.05, 0.1) is 6.04 Å². The van der Waals surface area contributed by atoms with Crippen LogP contribution in [-0.2, 0) is 11.3 Å². The molecule has 2 aromatic rings. The molecule has 2 amide bonds. The van der Waals surface area contributed by atoms with E-state index in [9.17, 15) is 14.0 Å². The van der Waals surface area contributed by atoms with E-state index in [0.29, 0.717) is 43.4 Å². The van der Waals surface area contributed by atoms with Gasteiger partial charge in [-0.2, -0.15) is 4.98 Å². The molecule has 0 saturated carbocycles. The van der Waals surface area contributed by atoms with E-state index < -0.39 is 6.04 Å². The lowest BCUT2D eigenvalue weighted by molar-refractivity contribution is -0.122. The molecule has 184 valence electrons. The second-order valence-electron chi connectivity index (χ2n) is 8.43. The summed E-state index contributed by atoms with van der Waals surface area (Å²) in [5.41, 5.74) is 7.12. The smallest absolute Gasteiger partial charge is 0.256 e. The Hall–Kier alpha value is -3.27. The first-order chi connectivity index (χ1) is 16.5.